The number of amides is 2. The minimum atomic E-state index is -0.0715. The molecule has 0 fully saturated rings. The summed E-state index contributed by atoms with van der Waals surface area (Å²) in [6.45, 7) is 1.86. The lowest BCUT2D eigenvalue weighted by Crippen LogP contribution is -2.35. The Morgan fingerprint density at radius 2 is 2.32 bits per heavy atom. The third kappa shape index (κ3) is 3.04. The van der Waals surface area contributed by atoms with Gasteiger partial charge in [-0.25, -0.2) is 4.98 Å². The Balaban J connectivity index is 1.83. The lowest BCUT2D eigenvalue weighted by molar-refractivity contribution is -0.121. The predicted octanol–water partition coefficient (Wildman–Crippen LogP) is 1.35. The molecule has 3 heterocycles. The summed E-state index contributed by atoms with van der Waals surface area (Å²) in [4.78, 5) is 30.2. The van der Waals surface area contributed by atoms with E-state index in [4.69, 9.17) is 0 Å². The van der Waals surface area contributed by atoms with E-state index in [0.29, 0.717) is 25.2 Å². The summed E-state index contributed by atoms with van der Waals surface area (Å²) >= 11 is 1.41. The highest BCUT2D eigenvalue weighted by Crippen LogP contribution is 2.21. The molecule has 0 aliphatic carbocycles. The molecule has 0 bridgehead atoms. The number of fused-ring (bicyclic) bond motifs is 1. The minimum absolute atomic E-state index is 0.00154. The maximum absolute atomic E-state index is 12.6. The average Bonchev–Trinajstić information content (AvgIpc) is 3.15. The maximum Gasteiger partial charge on any atom is 0.273 e. The van der Waals surface area contributed by atoms with Crippen LogP contribution >= 0.6 is 11.3 Å². The molecule has 0 spiro atoms. The second-order valence-corrected chi connectivity index (χ2v) is 6.17. The normalized spacial score (nSPS) is 17.7. The first-order chi connectivity index (χ1) is 10.7. The number of nitrogens with zero attached hydrogens (tertiary/aromatic N) is 3. The number of hydrogen-bond acceptors (Lipinski definition) is 4. The Morgan fingerprint density at radius 3 is 3.05 bits per heavy atom. The van der Waals surface area contributed by atoms with Gasteiger partial charge in [0, 0.05) is 49.7 Å². The van der Waals surface area contributed by atoms with Crippen molar-refractivity contribution >= 4 is 23.2 Å². The molecule has 2 aromatic rings. The smallest absolute Gasteiger partial charge is 0.273 e. The maximum atomic E-state index is 12.6. The Kier molecular flexibility index (Phi) is 4.24. The summed E-state index contributed by atoms with van der Waals surface area (Å²) in [5, 5.41) is 4.42. The standard InChI is InChI=1S/C15H18N4O2S/c1-16-14(20)5-11-6-18-4-2-3-12(18)8-19(7-11)15(21)13-9-22-10-17-13/h2-4,9-11H,5-8H2,1H3,(H,16,20)/t11-/m1/s1. The lowest BCUT2D eigenvalue weighted by Gasteiger charge is -2.23. The minimum Gasteiger partial charge on any atom is -0.359 e. The van der Waals surface area contributed by atoms with Gasteiger partial charge in [0.1, 0.15) is 5.69 Å². The van der Waals surface area contributed by atoms with Crippen molar-refractivity contribution in [2.45, 2.75) is 19.5 Å². The molecule has 0 aromatic carbocycles. The van der Waals surface area contributed by atoms with Crippen LogP contribution in [-0.2, 0) is 17.9 Å². The molecule has 22 heavy (non-hydrogen) atoms. The number of rotatable bonds is 3. The molecule has 0 unspecified atom stereocenters. The van der Waals surface area contributed by atoms with Crippen LogP contribution in [0.5, 0.6) is 0 Å². The highest BCUT2D eigenvalue weighted by Gasteiger charge is 2.27. The van der Waals surface area contributed by atoms with Gasteiger partial charge < -0.3 is 14.8 Å². The van der Waals surface area contributed by atoms with Crippen LogP contribution in [0.2, 0.25) is 0 Å². The second-order valence-electron chi connectivity index (χ2n) is 5.45. The fourth-order valence-electron chi connectivity index (χ4n) is 2.81. The number of hydrogen-bond donors (Lipinski definition) is 1. The monoisotopic (exact) mass is 318 g/mol. The van der Waals surface area contributed by atoms with Crippen LogP contribution in [-0.4, -0.2) is 39.9 Å². The van der Waals surface area contributed by atoms with Crippen LogP contribution in [0.15, 0.2) is 29.2 Å². The predicted molar refractivity (Wildman–Crippen MR) is 83.5 cm³/mol. The first-order valence-corrected chi connectivity index (χ1v) is 8.13. The summed E-state index contributed by atoms with van der Waals surface area (Å²) in [5.41, 5.74) is 3.22. The van der Waals surface area contributed by atoms with Crippen molar-refractivity contribution in [2.75, 3.05) is 13.6 Å². The van der Waals surface area contributed by atoms with E-state index < -0.39 is 0 Å². The van der Waals surface area contributed by atoms with Gasteiger partial charge in [0.25, 0.3) is 5.91 Å². The van der Waals surface area contributed by atoms with E-state index in [2.05, 4.69) is 14.9 Å². The summed E-state index contributed by atoms with van der Waals surface area (Å²) in [7, 11) is 1.64. The zero-order chi connectivity index (χ0) is 15.5. The van der Waals surface area contributed by atoms with E-state index in [1.54, 1.807) is 22.8 Å². The molecule has 7 heteroatoms. The molecule has 1 aliphatic heterocycles. The largest absolute Gasteiger partial charge is 0.359 e. The molecule has 0 saturated carbocycles. The Morgan fingerprint density at radius 1 is 1.45 bits per heavy atom. The van der Waals surface area contributed by atoms with Gasteiger partial charge >= 0.3 is 0 Å². The van der Waals surface area contributed by atoms with E-state index in [1.165, 1.54) is 11.3 Å². The van der Waals surface area contributed by atoms with Gasteiger partial charge in [-0.05, 0) is 12.1 Å². The first-order valence-electron chi connectivity index (χ1n) is 7.19. The lowest BCUT2D eigenvalue weighted by atomic mass is 10.0. The van der Waals surface area contributed by atoms with Crippen molar-refractivity contribution in [3.05, 3.63) is 40.6 Å². The second kappa shape index (κ2) is 6.31. The first kappa shape index (κ1) is 14.8. The summed E-state index contributed by atoms with van der Waals surface area (Å²) in [6.07, 6.45) is 2.41. The van der Waals surface area contributed by atoms with Gasteiger partial charge in [-0.2, -0.15) is 0 Å². The van der Waals surface area contributed by atoms with Crippen molar-refractivity contribution in [2.24, 2.45) is 5.92 Å². The quantitative estimate of drug-likeness (QED) is 0.929. The molecule has 1 N–H and O–H groups in total. The third-order valence-corrected chi connectivity index (χ3v) is 4.49. The number of carbonyl (C=O) groups is 2. The molecule has 0 saturated heterocycles. The zero-order valence-corrected chi connectivity index (χ0v) is 13.2. The molecule has 0 radical (unpaired) electrons. The molecule has 1 aliphatic rings. The van der Waals surface area contributed by atoms with Gasteiger partial charge in [0.2, 0.25) is 5.91 Å². The molecule has 3 rings (SSSR count). The molecular weight excluding hydrogens is 300 g/mol. The van der Waals surface area contributed by atoms with E-state index >= 15 is 0 Å². The van der Waals surface area contributed by atoms with E-state index in [9.17, 15) is 9.59 Å². The molecular formula is C15H18N4O2S. The Bertz CT molecular complexity index is 665. The van der Waals surface area contributed by atoms with Crippen LogP contribution in [0.4, 0.5) is 0 Å². The number of nitrogens with one attached hydrogen (secondary N) is 1. The van der Waals surface area contributed by atoms with E-state index in [0.717, 1.165) is 12.2 Å². The Hall–Kier alpha value is -2.15. The highest BCUT2D eigenvalue weighted by molar-refractivity contribution is 7.07. The molecule has 2 aromatic heterocycles. The molecule has 6 nitrogen and oxygen atoms in total. The number of thiazole rings is 1. The van der Waals surface area contributed by atoms with Crippen LogP contribution in [0.3, 0.4) is 0 Å². The summed E-state index contributed by atoms with van der Waals surface area (Å²) in [6, 6.07) is 3.99. The fraction of sp³-hybridized carbons (Fsp3) is 0.400. The number of aromatic nitrogens is 2. The number of carbonyl (C=O) groups excluding carboxylic acids is 2. The van der Waals surface area contributed by atoms with Crippen molar-refractivity contribution in [3.8, 4) is 0 Å². The topological polar surface area (TPSA) is 67.2 Å². The van der Waals surface area contributed by atoms with Gasteiger partial charge in [-0.15, -0.1) is 11.3 Å². The van der Waals surface area contributed by atoms with Gasteiger partial charge in [0.05, 0.1) is 12.1 Å². The summed E-state index contributed by atoms with van der Waals surface area (Å²) < 4.78 is 2.13. The van der Waals surface area contributed by atoms with Gasteiger partial charge in [-0.1, -0.05) is 0 Å². The average molecular weight is 318 g/mol. The van der Waals surface area contributed by atoms with Crippen LogP contribution in [0.25, 0.3) is 0 Å². The van der Waals surface area contributed by atoms with Crippen LogP contribution in [0, 0.1) is 5.92 Å². The van der Waals surface area contributed by atoms with Gasteiger partial charge in [0.15, 0.2) is 0 Å². The summed E-state index contributed by atoms with van der Waals surface area (Å²) in [5.74, 6) is 0.0238. The Labute approximate surface area is 132 Å². The molecule has 1 atom stereocenters. The van der Waals surface area contributed by atoms with Crippen LogP contribution in [0.1, 0.15) is 22.6 Å². The third-order valence-electron chi connectivity index (χ3n) is 3.90. The van der Waals surface area contributed by atoms with Crippen molar-refractivity contribution in [1.29, 1.82) is 0 Å². The van der Waals surface area contributed by atoms with Crippen LogP contribution < -0.4 is 5.32 Å². The highest BCUT2D eigenvalue weighted by atomic mass is 32.1. The van der Waals surface area contributed by atoms with E-state index in [-0.39, 0.29) is 17.7 Å². The molecule has 116 valence electrons. The molecule has 2 amide bonds. The SMILES string of the molecule is CNC(=O)C[C@H]1CN(C(=O)c2cscn2)Cc2cccn2C1. The fourth-order valence-corrected chi connectivity index (χ4v) is 3.33. The van der Waals surface area contributed by atoms with E-state index in [1.807, 2.05) is 18.3 Å². The zero-order valence-electron chi connectivity index (χ0n) is 12.4. The van der Waals surface area contributed by atoms with Crippen molar-refractivity contribution < 1.29 is 9.59 Å². The van der Waals surface area contributed by atoms with Gasteiger partial charge in [-0.3, -0.25) is 9.59 Å². The van der Waals surface area contributed by atoms with Crippen molar-refractivity contribution in [1.82, 2.24) is 19.8 Å². The van der Waals surface area contributed by atoms with Crippen molar-refractivity contribution in [3.63, 3.8) is 0 Å².